The van der Waals surface area contributed by atoms with Gasteiger partial charge in [0.15, 0.2) is 5.96 Å². The van der Waals surface area contributed by atoms with Gasteiger partial charge in [0.25, 0.3) is 0 Å². The predicted octanol–water partition coefficient (Wildman–Crippen LogP) is 3.10. The monoisotopic (exact) mass is 370 g/mol. The van der Waals surface area contributed by atoms with Crippen molar-refractivity contribution in [2.45, 2.75) is 33.2 Å². The van der Waals surface area contributed by atoms with E-state index in [1.54, 1.807) is 14.2 Å². The van der Waals surface area contributed by atoms with Gasteiger partial charge in [-0.2, -0.15) is 0 Å². The number of nitrogens with zero attached hydrogens (tertiary/aromatic N) is 2. The Kier molecular flexibility index (Phi) is 8.42. The summed E-state index contributed by atoms with van der Waals surface area (Å²) in [6.07, 6.45) is 3.69. The molecule has 0 saturated carbocycles. The van der Waals surface area contributed by atoms with Gasteiger partial charge >= 0.3 is 0 Å². The molecular weight excluding hydrogens is 340 g/mol. The zero-order chi connectivity index (χ0) is 19.5. The van der Waals surface area contributed by atoms with Gasteiger partial charge < -0.3 is 20.1 Å². The Hall–Kier alpha value is -2.76. The van der Waals surface area contributed by atoms with E-state index in [4.69, 9.17) is 9.47 Å². The summed E-state index contributed by atoms with van der Waals surface area (Å²) < 4.78 is 10.9. The third kappa shape index (κ3) is 6.81. The van der Waals surface area contributed by atoms with Crippen LogP contribution in [0.4, 0.5) is 0 Å². The first-order chi connectivity index (χ1) is 13.2. The van der Waals surface area contributed by atoms with Crippen molar-refractivity contribution in [1.82, 2.24) is 15.6 Å². The molecule has 2 rings (SSSR count). The van der Waals surface area contributed by atoms with Crippen molar-refractivity contribution in [3.8, 4) is 11.6 Å². The van der Waals surface area contributed by atoms with Crippen molar-refractivity contribution in [3.63, 3.8) is 0 Å². The van der Waals surface area contributed by atoms with Crippen LogP contribution in [0.25, 0.3) is 0 Å². The topological polar surface area (TPSA) is 67.8 Å². The second kappa shape index (κ2) is 11.1. The Morgan fingerprint density at radius 1 is 1.15 bits per heavy atom. The van der Waals surface area contributed by atoms with Gasteiger partial charge in [-0.05, 0) is 42.5 Å². The summed E-state index contributed by atoms with van der Waals surface area (Å²) >= 11 is 0. The Bertz CT molecular complexity index is 729. The molecule has 0 spiro atoms. The second-order valence-electron chi connectivity index (χ2n) is 6.26. The summed E-state index contributed by atoms with van der Waals surface area (Å²) in [5.74, 6) is 2.35. The second-order valence-corrected chi connectivity index (χ2v) is 6.26. The summed E-state index contributed by atoms with van der Waals surface area (Å²) in [5, 5.41) is 6.63. The van der Waals surface area contributed by atoms with Crippen molar-refractivity contribution in [3.05, 3.63) is 53.2 Å². The Balaban J connectivity index is 1.77. The van der Waals surface area contributed by atoms with Gasteiger partial charge in [0, 0.05) is 32.4 Å². The molecule has 146 valence electrons. The fraction of sp³-hybridized carbons (Fsp3) is 0.429. The molecule has 1 aromatic carbocycles. The van der Waals surface area contributed by atoms with E-state index in [0.29, 0.717) is 19.0 Å². The van der Waals surface area contributed by atoms with Gasteiger partial charge in [0.05, 0.1) is 13.7 Å². The van der Waals surface area contributed by atoms with Crippen LogP contribution in [0.2, 0.25) is 0 Å². The molecule has 0 amide bonds. The maximum atomic E-state index is 5.50. The lowest BCUT2D eigenvalue weighted by molar-refractivity contribution is 0.305. The normalized spacial score (nSPS) is 11.2. The number of guanidine groups is 1. The summed E-state index contributed by atoms with van der Waals surface area (Å²) in [5.41, 5.74) is 3.45. The van der Waals surface area contributed by atoms with Crippen molar-refractivity contribution in [1.29, 1.82) is 0 Å². The number of aryl methyl sites for hydroxylation is 1. The van der Waals surface area contributed by atoms with Crippen LogP contribution in [0.3, 0.4) is 0 Å². The number of hydrogen-bond donors (Lipinski definition) is 2. The summed E-state index contributed by atoms with van der Waals surface area (Å²) in [6, 6.07) is 10.2. The SMILES string of the molecule is CCCOc1ccc(CNC(=NC)NCCc2ccc(C)c(OC)c2)cn1. The highest BCUT2D eigenvalue weighted by atomic mass is 16.5. The minimum Gasteiger partial charge on any atom is -0.496 e. The number of ether oxygens (including phenoxy) is 2. The van der Waals surface area contributed by atoms with Gasteiger partial charge in [0.2, 0.25) is 5.88 Å². The van der Waals surface area contributed by atoms with Crippen LogP contribution in [0, 0.1) is 6.92 Å². The van der Waals surface area contributed by atoms with E-state index >= 15 is 0 Å². The number of aromatic nitrogens is 1. The molecule has 27 heavy (non-hydrogen) atoms. The molecule has 1 heterocycles. The number of benzene rings is 1. The largest absolute Gasteiger partial charge is 0.496 e. The van der Waals surface area contributed by atoms with Crippen LogP contribution >= 0.6 is 0 Å². The van der Waals surface area contributed by atoms with E-state index in [0.717, 1.165) is 42.2 Å². The molecule has 0 aliphatic rings. The number of rotatable bonds is 9. The van der Waals surface area contributed by atoms with E-state index < -0.39 is 0 Å². The maximum absolute atomic E-state index is 5.50. The van der Waals surface area contributed by atoms with Crippen molar-refractivity contribution in [2.24, 2.45) is 4.99 Å². The molecule has 0 bridgehead atoms. The van der Waals surface area contributed by atoms with Gasteiger partial charge in [-0.15, -0.1) is 0 Å². The first-order valence-corrected chi connectivity index (χ1v) is 9.32. The van der Waals surface area contributed by atoms with Crippen LogP contribution < -0.4 is 20.1 Å². The Morgan fingerprint density at radius 2 is 1.96 bits per heavy atom. The number of pyridine rings is 1. The van der Waals surface area contributed by atoms with Gasteiger partial charge in [-0.1, -0.05) is 25.1 Å². The number of aliphatic imine (C=N–C) groups is 1. The number of methoxy groups -OCH3 is 1. The highest BCUT2D eigenvalue weighted by molar-refractivity contribution is 5.79. The van der Waals surface area contributed by atoms with Gasteiger partial charge in [0.1, 0.15) is 5.75 Å². The summed E-state index contributed by atoms with van der Waals surface area (Å²) in [7, 11) is 3.47. The highest BCUT2D eigenvalue weighted by Crippen LogP contribution is 2.19. The highest BCUT2D eigenvalue weighted by Gasteiger charge is 2.03. The Morgan fingerprint density at radius 3 is 2.63 bits per heavy atom. The predicted molar refractivity (Wildman–Crippen MR) is 110 cm³/mol. The van der Waals surface area contributed by atoms with Gasteiger partial charge in [-0.25, -0.2) is 4.98 Å². The summed E-state index contributed by atoms with van der Waals surface area (Å²) in [4.78, 5) is 8.58. The lowest BCUT2D eigenvalue weighted by atomic mass is 10.1. The van der Waals surface area contributed by atoms with E-state index in [9.17, 15) is 0 Å². The van der Waals surface area contributed by atoms with Crippen molar-refractivity contribution in [2.75, 3.05) is 27.3 Å². The molecule has 1 aromatic heterocycles. The van der Waals surface area contributed by atoms with Crippen LogP contribution in [0.5, 0.6) is 11.6 Å². The molecule has 0 atom stereocenters. The molecule has 6 heteroatoms. The van der Waals surface area contributed by atoms with Crippen LogP contribution in [0.15, 0.2) is 41.5 Å². The average Bonchev–Trinajstić information content (AvgIpc) is 2.70. The van der Waals surface area contributed by atoms with E-state index in [-0.39, 0.29) is 0 Å². The van der Waals surface area contributed by atoms with Crippen molar-refractivity contribution >= 4 is 5.96 Å². The third-order valence-electron chi connectivity index (χ3n) is 4.11. The van der Waals surface area contributed by atoms with Crippen LogP contribution in [-0.4, -0.2) is 38.3 Å². The van der Waals surface area contributed by atoms with Gasteiger partial charge in [-0.3, -0.25) is 4.99 Å². The lowest BCUT2D eigenvalue weighted by Gasteiger charge is -2.13. The molecule has 2 N–H and O–H groups in total. The fourth-order valence-corrected chi connectivity index (χ4v) is 2.56. The molecule has 0 unspecified atom stereocenters. The van der Waals surface area contributed by atoms with E-state index in [1.165, 1.54) is 5.56 Å². The van der Waals surface area contributed by atoms with E-state index in [1.807, 2.05) is 25.3 Å². The molecule has 0 fully saturated rings. The van der Waals surface area contributed by atoms with E-state index in [2.05, 4.69) is 45.7 Å². The first kappa shape index (κ1) is 20.6. The number of hydrogen-bond acceptors (Lipinski definition) is 4. The maximum Gasteiger partial charge on any atom is 0.213 e. The average molecular weight is 370 g/mol. The third-order valence-corrected chi connectivity index (χ3v) is 4.11. The zero-order valence-electron chi connectivity index (χ0n) is 16.7. The molecule has 0 radical (unpaired) electrons. The molecule has 0 saturated heterocycles. The minimum atomic E-state index is 0.652. The van der Waals surface area contributed by atoms with Crippen molar-refractivity contribution < 1.29 is 9.47 Å². The number of nitrogens with one attached hydrogen (secondary N) is 2. The van der Waals surface area contributed by atoms with Crippen LogP contribution in [-0.2, 0) is 13.0 Å². The first-order valence-electron chi connectivity index (χ1n) is 9.32. The zero-order valence-corrected chi connectivity index (χ0v) is 16.7. The lowest BCUT2D eigenvalue weighted by Crippen LogP contribution is -2.37. The van der Waals surface area contributed by atoms with Crippen LogP contribution in [0.1, 0.15) is 30.0 Å². The molecule has 2 aromatic rings. The molecule has 0 aliphatic carbocycles. The molecule has 0 aliphatic heterocycles. The minimum absolute atomic E-state index is 0.652. The smallest absolute Gasteiger partial charge is 0.213 e. The standard InChI is InChI=1S/C21H30N4O2/c1-5-12-27-20-9-8-18(14-24-20)15-25-21(22-3)23-11-10-17-7-6-16(2)19(13-17)26-4/h6-9,13-14H,5,10-12,15H2,1-4H3,(H2,22,23,25). The summed E-state index contributed by atoms with van der Waals surface area (Å²) in [6.45, 7) is 6.25. The quantitative estimate of drug-likeness (QED) is 0.524. The Labute approximate surface area is 162 Å². The molecule has 6 nitrogen and oxygen atoms in total. The fourth-order valence-electron chi connectivity index (χ4n) is 2.56. The molecular formula is C21H30N4O2.